The summed E-state index contributed by atoms with van der Waals surface area (Å²) in [6, 6.07) is -0.312. The van der Waals surface area contributed by atoms with E-state index in [9.17, 15) is 18.0 Å². The van der Waals surface area contributed by atoms with E-state index in [4.69, 9.17) is 4.52 Å². The van der Waals surface area contributed by atoms with Gasteiger partial charge in [-0.05, 0) is 26.2 Å². The van der Waals surface area contributed by atoms with E-state index in [-0.39, 0.29) is 17.4 Å². The molecule has 0 unspecified atom stereocenters. The summed E-state index contributed by atoms with van der Waals surface area (Å²) in [6.07, 6.45) is -2.71. The van der Waals surface area contributed by atoms with Crippen LogP contribution in [0.1, 0.15) is 41.6 Å². The van der Waals surface area contributed by atoms with Crippen LogP contribution in [0.15, 0.2) is 4.52 Å². The Kier molecular flexibility index (Phi) is 3.56. The number of halogens is 3. The molecule has 0 aliphatic heterocycles. The number of aryl methyl sites for hydroxylation is 2. The van der Waals surface area contributed by atoms with Crippen molar-refractivity contribution in [2.45, 2.75) is 45.3 Å². The van der Waals surface area contributed by atoms with Crippen molar-refractivity contribution in [3.8, 4) is 0 Å². The standard InChI is InChI=1S/C12H15F3N2O2/c1-3-9-10(7(2)19-16-9)11(18)17(8-4-5-8)6-12(13,14)15/h8H,3-6H2,1-2H3. The summed E-state index contributed by atoms with van der Waals surface area (Å²) in [5.41, 5.74) is 0.592. The second-order valence-corrected chi connectivity index (χ2v) is 4.69. The fraction of sp³-hybridized carbons (Fsp3) is 0.667. The molecule has 1 amide bonds. The largest absolute Gasteiger partial charge is 0.406 e. The van der Waals surface area contributed by atoms with Crippen LogP contribution in [0.2, 0.25) is 0 Å². The number of aromatic nitrogens is 1. The van der Waals surface area contributed by atoms with Crippen molar-refractivity contribution in [1.29, 1.82) is 0 Å². The summed E-state index contributed by atoms with van der Waals surface area (Å²) in [4.78, 5) is 13.2. The molecule has 1 fully saturated rings. The van der Waals surface area contributed by atoms with Gasteiger partial charge in [0.05, 0.1) is 5.69 Å². The van der Waals surface area contributed by atoms with Crippen LogP contribution in [0.4, 0.5) is 13.2 Å². The first-order valence-corrected chi connectivity index (χ1v) is 6.16. The molecule has 4 nitrogen and oxygen atoms in total. The van der Waals surface area contributed by atoms with Crippen molar-refractivity contribution >= 4 is 5.91 Å². The average Bonchev–Trinajstić information content (AvgIpc) is 3.08. The zero-order valence-electron chi connectivity index (χ0n) is 10.8. The van der Waals surface area contributed by atoms with E-state index in [1.807, 2.05) is 0 Å². The summed E-state index contributed by atoms with van der Waals surface area (Å²) in [5.74, 6) is -0.356. The Hall–Kier alpha value is -1.53. The topological polar surface area (TPSA) is 46.3 Å². The molecule has 0 aromatic carbocycles. The zero-order valence-corrected chi connectivity index (χ0v) is 10.8. The van der Waals surface area contributed by atoms with E-state index >= 15 is 0 Å². The molecule has 0 spiro atoms. The van der Waals surface area contributed by atoms with Gasteiger partial charge in [-0.2, -0.15) is 13.2 Å². The van der Waals surface area contributed by atoms with Gasteiger partial charge in [-0.1, -0.05) is 12.1 Å². The van der Waals surface area contributed by atoms with Crippen LogP contribution in [0, 0.1) is 6.92 Å². The number of carbonyl (C=O) groups is 1. The molecule has 0 saturated heterocycles. The highest BCUT2D eigenvalue weighted by molar-refractivity contribution is 5.96. The zero-order chi connectivity index (χ0) is 14.2. The molecule has 19 heavy (non-hydrogen) atoms. The van der Waals surface area contributed by atoms with Gasteiger partial charge in [-0.15, -0.1) is 0 Å². The quantitative estimate of drug-likeness (QED) is 0.849. The third-order valence-corrected chi connectivity index (χ3v) is 3.08. The lowest BCUT2D eigenvalue weighted by atomic mass is 10.1. The van der Waals surface area contributed by atoms with Crippen LogP contribution in [0.25, 0.3) is 0 Å². The van der Waals surface area contributed by atoms with Gasteiger partial charge in [0.2, 0.25) is 0 Å². The third kappa shape index (κ3) is 3.08. The molecule has 0 bridgehead atoms. The van der Waals surface area contributed by atoms with E-state index < -0.39 is 18.6 Å². The number of nitrogens with zero attached hydrogens (tertiary/aromatic N) is 2. The molecule has 0 N–H and O–H groups in total. The van der Waals surface area contributed by atoms with Crippen molar-refractivity contribution in [1.82, 2.24) is 10.1 Å². The van der Waals surface area contributed by atoms with Crippen molar-refractivity contribution in [2.75, 3.05) is 6.54 Å². The van der Waals surface area contributed by atoms with Gasteiger partial charge < -0.3 is 9.42 Å². The molecule has 0 atom stereocenters. The van der Waals surface area contributed by atoms with Gasteiger partial charge in [0.25, 0.3) is 5.91 Å². The summed E-state index contributed by atoms with van der Waals surface area (Å²) >= 11 is 0. The molecular formula is C12H15F3N2O2. The molecule has 2 rings (SSSR count). The molecule has 1 aromatic rings. The third-order valence-electron chi connectivity index (χ3n) is 3.08. The molecule has 1 saturated carbocycles. The molecule has 106 valence electrons. The Morgan fingerprint density at radius 2 is 2.11 bits per heavy atom. The predicted octanol–water partition coefficient (Wildman–Crippen LogP) is 2.71. The number of rotatable bonds is 4. The van der Waals surface area contributed by atoms with Crippen LogP contribution < -0.4 is 0 Å². The molecule has 1 aliphatic rings. The summed E-state index contributed by atoms with van der Waals surface area (Å²) in [5, 5.41) is 3.71. The Balaban J connectivity index is 2.26. The first-order chi connectivity index (χ1) is 8.83. The molecule has 1 aliphatic carbocycles. The number of amides is 1. The lowest BCUT2D eigenvalue weighted by Gasteiger charge is -2.23. The molecule has 7 heteroatoms. The Morgan fingerprint density at radius 3 is 2.58 bits per heavy atom. The number of alkyl halides is 3. The summed E-state index contributed by atoms with van der Waals surface area (Å²) in [6.45, 7) is 2.10. The van der Waals surface area contributed by atoms with Gasteiger partial charge in [-0.3, -0.25) is 4.79 Å². The number of hydrogen-bond donors (Lipinski definition) is 0. The first kappa shape index (κ1) is 13.9. The normalized spacial score (nSPS) is 15.6. The maximum atomic E-state index is 12.5. The van der Waals surface area contributed by atoms with Crippen molar-refractivity contribution in [3.63, 3.8) is 0 Å². The van der Waals surface area contributed by atoms with E-state index in [1.165, 1.54) is 6.92 Å². The van der Waals surface area contributed by atoms with Crippen molar-refractivity contribution < 1.29 is 22.5 Å². The summed E-state index contributed by atoms with van der Waals surface area (Å²) < 4.78 is 42.5. The maximum absolute atomic E-state index is 12.5. The average molecular weight is 276 g/mol. The van der Waals surface area contributed by atoms with Crippen molar-refractivity contribution in [2.24, 2.45) is 0 Å². The van der Waals surface area contributed by atoms with Crippen LogP contribution in [0.3, 0.4) is 0 Å². The summed E-state index contributed by atoms with van der Waals surface area (Å²) in [7, 11) is 0. The fourth-order valence-electron chi connectivity index (χ4n) is 2.02. The van der Waals surface area contributed by atoms with E-state index in [0.717, 1.165) is 4.90 Å². The Morgan fingerprint density at radius 1 is 1.47 bits per heavy atom. The lowest BCUT2D eigenvalue weighted by Crippen LogP contribution is -2.41. The fourth-order valence-corrected chi connectivity index (χ4v) is 2.02. The van der Waals surface area contributed by atoms with Gasteiger partial charge in [-0.25, -0.2) is 0 Å². The van der Waals surface area contributed by atoms with Crippen LogP contribution >= 0.6 is 0 Å². The smallest absolute Gasteiger partial charge is 0.361 e. The van der Waals surface area contributed by atoms with Gasteiger partial charge in [0.15, 0.2) is 0 Å². The first-order valence-electron chi connectivity index (χ1n) is 6.16. The van der Waals surface area contributed by atoms with Gasteiger partial charge >= 0.3 is 6.18 Å². The highest BCUT2D eigenvalue weighted by atomic mass is 19.4. The van der Waals surface area contributed by atoms with Crippen LogP contribution in [0.5, 0.6) is 0 Å². The molecule has 1 aromatic heterocycles. The Labute approximate surface area is 108 Å². The van der Waals surface area contributed by atoms with Crippen LogP contribution in [-0.2, 0) is 6.42 Å². The second-order valence-electron chi connectivity index (χ2n) is 4.69. The molecule has 0 radical (unpaired) electrons. The van der Waals surface area contributed by atoms with Crippen molar-refractivity contribution in [3.05, 3.63) is 17.0 Å². The minimum Gasteiger partial charge on any atom is -0.361 e. The second kappa shape index (κ2) is 4.86. The molecule has 1 heterocycles. The number of carbonyl (C=O) groups excluding carboxylic acids is 1. The van der Waals surface area contributed by atoms with Gasteiger partial charge in [0, 0.05) is 6.04 Å². The van der Waals surface area contributed by atoms with E-state index in [0.29, 0.717) is 25.0 Å². The SMILES string of the molecule is CCc1noc(C)c1C(=O)N(CC(F)(F)F)C1CC1. The monoisotopic (exact) mass is 276 g/mol. The highest BCUT2D eigenvalue weighted by Gasteiger charge is 2.42. The maximum Gasteiger partial charge on any atom is 0.406 e. The van der Waals surface area contributed by atoms with E-state index in [2.05, 4.69) is 5.16 Å². The highest BCUT2D eigenvalue weighted by Crippen LogP contribution is 2.32. The number of hydrogen-bond acceptors (Lipinski definition) is 3. The van der Waals surface area contributed by atoms with Gasteiger partial charge in [0.1, 0.15) is 17.9 Å². The van der Waals surface area contributed by atoms with Crippen LogP contribution in [-0.4, -0.2) is 34.7 Å². The predicted molar refractivity (Wildman–Crippen MR) is 60.7 cm³/mol. The minimum atomic E-state index is -4.39. The lowest BCUT2D eigenvalue weighted by molar-refractivity contribution is -0.141. The minimum absolute atomic E-state index is 0.179. The Bertz CT molecular complexity index is 478. The van der Waals surface area contributed by atoms with E-state index in [1.54, 1.807) is 6.92 Å². The molecular weight excluding hydrogens is 261 g/mol.